The van der Waals surface area contributed by atoms with Crippen molar-refractivity contribution in [2.24, 2.45) is 11.1 Å². The molecule has 1 fully saturated rings. The highest BCUT2D eigenvalue weighted by Crippen LogP contribution is 2.50. The van der Waals surface area contributed by atoms with Gasteiger partial charge in [0, 0.05) is 25.3 Å². The van der Waals surface area contributed by atoms with Crippen LogP contribution in [0.15, 0.2) is 75.6 Å². The first kappa shape index (κ1) is 23.2. The van der Waals surface area contributed by atoms with Crippen LogP contribution in [0.25, 0.3) is 11.3 Å². The lowest BCUT2D eigenvalue weighted by Gasteiger charge is -2.42. The molecule has 1 atom stereocenters. The van der Waals surface area contributed by atoms with Gasteiger partial charge >= 0.3 is 0 Å². The van der Waals surface area contributed by atoms with Crippen molar-refractivity contribution in [3.8, 4) is 5.88 Å². The summed E-state index contributed by atoms with van der Waals surface area (Å²) in [4.78, 5) is 29.0. The van der Waals surface area contributed by atoms with Gasteiger partial charge in [0.05, 0.1) is 17.3 Å². The third kappa shape index (κ3) is 4.17. The Morgan fingerprint density at radius 2 is 1.97 bits per heavy atom. The van der Waals surface area contributed by atoms with Gasteiger partial charge in [-0.2, -0.15) is 4.98 Å². The number of H-pyrrole nitrogens is 1. The third-order valence-corrected chi connectivity index (χ3v) is 8.53. The van der Waals surface area contributed by atoms with Crippen LogP contribution in [0.1, 0.15) is 35.9 Å². The number of benzene rings is 1. The smallest absolute Gasteiger partial charge is 0.232 e. The van der Waals surface area contributed by atoms with E-state index in [1.165, 1.54) is 29.2 Å². The molecule has 1 spiro atoms. The zero-order chi connectivity index (χ0) is 25.5. The summed E-state index contributed by atoms with van der Waals surface area (Å²) in [6.45, 7) is 1.98. The number of nitrogens with zero attached hydrogens (tertiary/aromatic N) is 6. The molecule has 2 aliphatic rings. The Labute approximate surface area is 223 Å². The van der Waals surface area contributed by atoms with E-state index in [0.717, 1.165) is 43.2 Å². The van der Waals surface area contributed by atoms with E-state index in [-0.39, 0.29) is 18.1 Å². The van der Waals surface area contributed by atoms with E-state index in [0.29, 0.717) is 28.1 Å². The van der Waals surface area contributed by atoms with Gasteiger partial charge in [-0.05, 0) is 47.9 Å². The summed E-state index contributed by atoms with van der Waals surface area (Å²) in [6.07, 6.45) is 9.62. The monoisotopic (exact) mass is 526 g/mol. The normalized spacial score (nSPS) is 18.2. The predicted octanol–water partition coefficient (Wildman–Crippen LogP) is 4.31. The minimum atomic E-state index is 0.0936. The van der Waals surface area contributed by atoms with E-state index in [1.807, 2.05) is 12.1 Å². The zero-order valence-electron chi connectivity index (χ0n) is 20.6. The van der Waals surface area contributed by atoms with Crippen molar-refractivity contribution < 1.29 is 9.15 Å². The zero-order valence-corrected chi connectivity index (χ0v) is 21.4. The van der Waals surface area contributed by atoms with Crippen LogP contribution in [0.4, 0.5) is 5.95 Å². The summed E-state index contributed by atoms with van der Waals surface area (Å²) >= 11 is 1.43. The number of fused-ring (bicyclic) bond motifs is 2. The molecule has 10 nitrogen and oxygen atoms in total. The van der Waals surface area contributed by atoms with Crippen LogP contribution in [0.5, 0.6) is 5.88 Å². The van der Waals surface area contributed by atoms with Crippen molar-refractivity contribution in [3.05, 3.63) is 78.3 Å². The number of imidazole rings is 1. The van der Waals surface area contributed by atoms with E-state index in [9.17, 15) is 0 Å². The molecular formula is C27H26N8O2S. The highest BCUT2D eigenvalue weighted by Gasteiger charge is 2.46. The number of nitrogens with two attached hydrogens (primary N) is 1. The van der Waals surface area contributed by atoms with Gasteiger partial charge in [-0.3, -0.25) is 0 Å². The number of pyridine rings is 1. The second kappa shape index (κ2) is 9.41. The molecular weight excluding hydrogens is 500 g/mol. The quantitative estimate of drug-likeness (QED) is 0.330. The Morgan fingerprint density at radius 3 is 2.82 bits per heavy atom. The van der Waals surface area contributed by atoms with Crippen LogP contribution in [0, 0.1) is 5.41 Å². The lowest BCUT2D eigenvalue weighted by atomic mass is 9.73. The Bertz CT molecular complexity index is 1580. The van der Waals surface area contributed by atoms with Crippen molar-refractivity contribution in [1.29, 1.82) is 0 Å². The van der Waals surface area contributed by atoms with Crippen LogP contribution in [-0.2, 0) is 13.0 Å². The van der Waals surface area contributed by atoms with Gasteiger partial charge in [0.1, 0.15) is 11.3 Å². The van der Waals surface area contributed by atoms with Crippen molar-refractivity contribution in [2.45, 2.75) is 41.8 Å². The van der Waals surface area contributed by atoms with Crippen LogP contribution in [0.2, 0.25) is 0 Å². The lowest BCUT2D eigenvalue weighted by molar-refractivity contribution is 0.187. The van der Waals surface area contributed by atoms with E-state index < -0.39 is 0 Å². The number of aromatic nitrogens is 6. The maximum absolute atomic E-state index is 6.75. The number of nitrogens with one attached hydrogen (secondary N) is 1. The van der Waals surface area contributed by atoms with Crippen molar-refractivity contribution in [2.75, 3.05) is 18.0 Å². The minimum Gasteiger partial charge on any atom is -0.467 e. The van der Waals surface area contributed by atoms with Gasteiger partial charge < -0.3 is 24.8 Å². The molecule has 4 aromatic heterocycles. The van der Waals surface area contributed by atoms with Gasteiger partial charge in [-0.25, -0.2) is 19.9 Å². The second-order valence-electron chi connectivity index (χ2n) is 9.77. The fraction of sp³-hybridized carbons (Fsp3) is 0.296. The van der Waals surface area contributed by atoms with Crippen LogP contribution in [0.3, 0.4) is 0 Å². The number of hydrogen-bond donors (Lipinski definition) is 2. The third-order valence-electron chi connectivity index (χ3n) is 7.59. The Balaban J connectivity index is 1.05. The Kier molecular flexibility index (Phi) is 5.74. The highest BCUT2D eigenvalue weighted by atomic mass is 32.2. The van der Waals surface area contributed by atoms with E-state index >= 15 is 0 Å². The summed E-state index contributed by atoms with van der Waals surface area (Å²) < 4.78 is 11.1. The first-order chi connectivity index (χ1) is 18.7. The molecule has 0 radical (unpaired) electrons. The predicted molar refractivity (Wildman–Crippen MR) is 142 cm³/mol. The Morgan fingerprint density at radius 1 is 1.08 bits per heavy atom. The fourth-order valence-electron chi connectivity index (χ4n) is 5.56. The summed E-state index contributed by atoms with van der Waals surface area (Å²) in [6, 6.07) is 12.5. The molecule has 192 valence electrons. The number of rotatable bonds is 6. The van der Waals surface area contributed by atoms with Crippen molar-refractivity contribution >= 4 is 29.0 Å². The molecule has 0 bridgehead atoms. The summed E-state index contributed by atoms with van der Waals surface area (Å²) in [5.74, 6) is 1.77. The number of piperidine rings is 1. The summed E-state index contributed by atoms with van der Waals surface area (Å²) in [7, 11) is 0. The topological polar surface area (TPSA) is 132 Å². The number of hydrogen-bond acceptors (Lipinski definition) is 10. The SMILES string of the molecule is N[C@@H]1c2ccccc2CC12CCN(c1nc3ncc(Sc4cccnc4OCc4ncco4)nc3[nH]1)CC2. The summed E-state index contributed by atoms with van der Waals surface area (Å²) in [5.41, 5.74) is 10.8. The molecule has 1 aromatic carbocycles. The molecule has 5 aromatic rings. The molecule has 0 unspecified atom stereocenters. The lowest BCUT2D eigenvalue weighted by Crippen LogP contribution is -2.44. The second-order valence-corrected chi connectivity index (χ2v) is 10.8. The average Bonchev–Trinajstić information content (AvgIpc) is 3.68. The van der Waals surface area contributed by atoms with Gasteiger partial charge in [0.15, 0.2) is 17.9 Å². The molecule has 0 saturated carbocycles. The molecule has 0 amide bonds. The molecule has 7 rings (SSSR count). The molecule has 1 aliphatic heterocycles. The standard InChI is InChI=1S/C27H26N8O2S/c28-22-18-5-2-1-4-17(18)14-27(22)7-11-35(12-8-27)26-33-23-24(34-26)32-21(15-31-23)38-19-6-3-9-30-25(19)37-16-20-29-10-13-36-20/h1-6,9-10,13,15,22H,7-8,11-12,14,16,28H2,(H,31,32,33,34)/t22-/m1/s1. The largest absolute Gasteiger partial charge is 0.467 e. The fourth-order valence-corrected chi connectivity index (χ4v) is 6.38. The number of anilines is 1. The van der Waals surface area contributed by atoms with Crippen LogP contribution >= 0.6 is 11.8 Å². The summed E-state index contributed by atoms with van der Waals surface area (Å²) in [5, 5.41) is 0.717. The minimum absolute atomic E-state index is 0.0936. The number of ether oxygens (including phenoxy) is 1. The first-order valence-corrected chi connectivity index (χ1v) is 13.4. The molecule has 1 saturated heterocycles. The van der Waals surface area contributed by atoms with Gasteiger partial charge in [-0.1, -0.05) is 36.0 Å². The molecule has 38 heavy (non-hydrogen) atoms. The van der Waals surface area contributed by atoms with Gasteiger partial charge in [0.25, 0.3) is 0 Å². The van der Waals surface area contributed by atoms with E-state index in [1.54, 1.807) is 18.6 Å². The number of oxazole rings is 1. The average molecular weight is 527 g/mol. The van der Waals surface area contributed by atoms with Crippen molar-refractivity contribution in [3.63, 3.8) is 0 Å². The highest BCUT2D eigenvalue weighted by molar-refractivity contribution is 7.99. The van der Waals surface area contributed by atoms with Crippen molar-refractivity contribution in [1.82, 2.24) is 29.9 Å². The molecule has 5 heterocycles. The van der Waals surface area contributed by atoms with Gasteiger partial charge in [0.2, 0.25) is 17.7 Å². The van der Waals surface area contributed by atoms with Crippen LogP contribution < -0.4 is 15.4 Å². The van der Waals surface area contributed by atoms with E-state index in [2.05, 4.69) is 49.1 Å². The maximum atomic E-state index is 6.75. The maximum Gasteiger partial charge on any atom is 0.232 e. The Hall–Kier alpha value is -3.96. The molecule has 3 N–H and O–H groups in total. The first-order valence-electron chi connectivity index (χ1n) is 12.6. The van der Waals surface area contributed by atoms with Gasteiger partial charge in [-0.15, -0.1) is 0 Å². The molecule has 11 heteroatoms. The van der Waals surface area contributed by atoms with E-state index in [4.69, 9.17) is 24.9 Å². The van der Waals surface area contributed by atoms with Crippen LogP contribution in [-0.4, -0.2) is 43.0 Å². The molecule has 1 aliphatic carbocycles. The number of aromatic amines is 1.